The van der Waals surface area contributed by atoms with Crippen LogP contribution in [0.4, 0.5) is 18.9 Å². The molecule has 0 spiro atoms. The second-order valence-electron chi connectivity index (χ2n) is 4.12. The smallest absolute Gasteiger partial charge is 0.368 e. The Labute approximate surface area is 105 Å². The highest BCUT2D eigenvalue weighted by atomic mass is 19.4. The third-order valence-electron chi connectivity index (χ3n) is 2.71. The molecule has 0 aromatic carbocycles. The summed E-state index contributed by atoms with van der Waals surface area (Å²) in [6, 6.07) is 0.603. The molecule has 1 fully saturated rings. The van der Waals surface area contributed by atoms with Crippen LogP contribution >= 0.6 is 0 Å². The van der Waals surface area contributed by atoms with Crippen molar-refractivity contribution in [3.05, 3.63) is 28.2 Å². The molecule has 1 atom stereocenters. The van der Waals surface area contributed by atoms with Crippen molar-refractivity contribution in [3.8, 4) is 0 Å². The van der Waals surface area contributed by atoms with Crippen molar-refractivity contribution in [2.75, 3.05) is 11.9 Å². The van der Waals surface area contributed by atoms with E-state index in [4.69, 9.17) is 4.74 Å². The fourth-order valence-electron chi connectivity index (χ4n) is 1.74. The van der Waals surface area contributed by atoms with E-state index < -0.39 is 35.0 Å². The van der Waals surface area contributed by atoms with Gasteiger partial charge >= 0.3 is 6.18 Å². The molecule has 1 aromatic rings. The average molecular weight is 276 g/mol. The highest BCUT2D eigenvalue weighted by Gasteiger charge is 2.32. The van der Waals surface area contributed by atoms with Crippen LogP contribution in [0.2, 0.25) is 0 Å². The molecule has 0 aliphatic carbocycles. The van der Waals surface area contributed by atoms with Crippen molar-refractivity contribution in [1.29, 1.82) is 0 Å². The molecule has 8 heteroatoms. The van der Waals surface area contributed by atoms with E-state index in [1.807, 2.05) is 4.98 Å². The second kappa shape index (κ2) is 5.04. The van der Waals surface area contributed by atoms with Crippen molar-refractivity contribution in [2.45, 2.75) is 25.1 Å². The molecule has 0 saturated carbocycles. The van der Waals surface area contributed by atoms with Gasteiger partial charge in [0, 0.05) is 12.8 Å². The van der Waals surface area contributed by atoms with Crippen LogP contribution in [0.15, 0.2) is 17.1 Å². The number of carbonyl (C=O) groups is 1. The average Bonchev–Trinajstić information content (AvgIpc) is 2.84. The Bertz CT molecular complexity index is 533. The number of halogens is 3. The number of alkyl halides is 3. The number of rotatable bonds is 2. The Morgan fingerprint density at radius 2 is 2.21 bits per heavy atom. The third kappa shape index (κ3) is 3.14. The molecule has 1 aromatic heterocycles. The highest BCUT2D eigenvalue weighted by Crippen LogP contribution is 2.29. The van der Waals surface area contributed by atoms with Gasteiger partial charge in [-0.05, 0) is 18.9 Å². The first-order chi connectivity index (χ1) is 8.88. The summed E-state index contributed by atoms with van der Waals surface area (Å²) in [7, 11) is 0. The molecule has 0 radical (unpaired) electrons. The summed E-state index contributed by atoms with van der Waals surface area (Å²) in [4.78, 5) is 25.0. The predicted octanol–water partition coefficient (Wildman–Crippen LogP) is 1.51. The number of pyridine rings is 1. The Hall–Kier alpha value is -1.83. The van der Waals surface area contributed by atoms with Gasteiger partial charge < -0.3 is 15.0 Å². The van der Waals surface area contributed by atoms with Gasteiger partial charge in [-0.2, -0.15) is 13.2 Å². The minimum atomic E-state index is -4.59. The number of anilines is 1. The molecule has 0 unspecified atom stereocenters. The molecule has 1 saturated heterocycles. The third-order valence-corrected chi connectivity index (χ3v) is 2.71. The maximum Gasteiger partial charge on any atom is 0.417 e. The van der Waals surface area contributed by atoms with E-state index in [0.29, 0.717) is 31.7 Å². The van der Waals surface area contributed by atoms with Crippen molar-refractivity contribution in [3.63, 3.8) is 0 Å². The Morgan fingerprint density at radius 1 is 1.47 bits per heavy atom. The summed E-state index contributed by atoms with van der Waals surface area (Å²) in [5, 5.41) is 2.16. The second-order valence-corrected chi connectivity index (χ2v) is 4.12. The number of aromatic amines is 1. The number of carbonyl (C=O) groups excluding carboxylic acids is 1. The van der Waals surface area contributed by atoms with E-state index in [9.17, 15) is 22.8 Å². The summed E-state index contributed by atoms with van der Waals surface area (Å²) in [5.41, 5.74) is -2.26. The van der Waals surface area contributed by atoms with Crippen molar-refractivity contribution in [1.82, 2.24) is 4.98 Å². The Balaban J connectivity index is 2.19. The summed E-state index contributed by atoms with van der Waals surface area (Å²) in [6.07, 6.45) is -3.55. The monoisotopic (exact) mass is 276 g/mol. The molecule has 2 N–H and O–H groups in total. The minimum Gasteiger partial charge on any atom is -0.368 e. The first-order valence-corrected chi connectivity index (χ1v) is 5.60. The first kappa shape index (κ1) is 13.6. The van der Waals surface area contributed by atoms with Crippen LogP contribution in [-0.4, -0.2) is 23.6 Å². The molecular weight excluding hydrogens is 265 g/mol. The molecule has 1 aliphatic heterocycles. The fourth-order valence-corrected chi connectivity index (χ4v) is 1.74. The lowest BCUT2D eigenvalue weighted by Gasteiger charge is -2.11. The van der Waals surface area contributed by atoms with Crippen LogP contribution in [0.3, 0.4) is 0 Å². The fraction of sp³-hybridized carbons (Fsp3) is 0.455. The Kier molecular flexibility index (Phi) is 3.61. The van der Waals surface area contributed by atoms with Crippen LogP contribution < -0.4 is 10.9 Å². The van der Waals surface area contributed by atoms with E-state index >= 15 is 0 Å². The summed E-state index contributed by atoms with van der Waals surface area (Å²) in [5.74, 6) is -0.609. The maximum atomic E-state index is 12.5. The standard InChI is InChI=1S/C11H11F3N2O3/c12-11(13,14)6-4-7(9(17)15-5-6)16-10(18)8-2-1-3-19-8/h4-5,8H,1-3H2,(H,15,17)(H,16,18)/t8-/m1/s1. The number of hydrogen-bond acceptors (Lipinski definition) is 3. The minimum absolute atomic E-state index is 0.428. The van der Waals surface area contributed by atoms with Crippen LogP contribution in [0.25, 0.3) is 0 Å². The van der Waals surface area contributed by atoms with Gasteiger partial charge in [0.15, 0.2) is 0 Å². The van der Waals surface area contributed by atoms with Crippen LogP contribution in [-0.2, 0) is 15.7 Å². The number of amides is 1. The quantitative estimate of drug-likeness (QED) is 0.860. The van der Waals surface area contributed by atoms with E-state index in [1.165, 1.54) is 0 Å². The van der Waals surface area contributed by atoms with Crippen LogP contribution in [0, 0.1) is 0 Å². The molecule has 19 heavy (non-hydrogen) atoms. The van der Waals surface area contributed by atoms with Gasteiger partial charge in [-0.25, -0.2) is 0 Å². The van der Waals surface area contributed by atoms with Crippen molar-refractivity contribution < 1.29 is 22.7 Å². The molecule has 2 heterocycles. The number of H-pyrrole nitrogens is 1. The molecule has 1 amide bonds. The van der Waals surface area contributed by atoms with Gasteiger partial charge in [-0.1, -0.05) is 0 Å². The number of ether oxygens (including phenoxy) is 1. The molecule has 104 valence electrons. The van der Waals surface area contributed by atoms with E-state index in [1.54, 1.807) is 0 Å². The van der Waals surface area contributed by atoms with Crippen LogP contribution in [0.5, 0.6) is 0 Å². The largest absolute Gasteiger partial charge is 0.417 e. The zero-order valence-electron chi connectivity index (χ0n) is 9.71. The number of nitrogens with one attached hydrogen (secondary N) is 2. The van der Waals surface area contributed by atoms with Gasteiger partial charge in [0.1, 0.15) is 11.8 Å². The summed E-state index contributed by atoms with van der Waals surface area (Å²) < 4.78 is 42.5. The van der Waals surface area contributed by atoms with E-state index in [0.717, 1.165) is 0 Å². The topological polar surface area (TPSA) is 71.2 Å². The number of aromatic nitrogens is 1. The van der Waals surface area contributed by atoms with E-state index in [-0.39, 0.29) is 0 Å². The molecule has 2 rings (SSSR count). The first-order valence-electron chi connectivity index (χ1n) is 5.60. The van der Waals surface area contributed by atoms with Gasteiger partial charge in [0.2, 0.25) is 0 Å². The molecule has 1 aliphatic rings. The predicted molar refractivity (Wildman–Crippen MR) is 59.7 cm³/mol. The zero-order valence-corrected chi connectivity index (χ0v) is 9.71. The van der Waals surface area contributed by atoms with Gasteiger partial charge in [0.25, 0.3) is 11.5 Å². The summed E-state index contributed by atoms with van der Waals surface area (Å²) in [6.45, 7) is 0.428. The lowest BCUT2D eigenvalue weighted by atomic mass is 10.2. The van der Waals surface area contributed by atoms with E-state index in [2.05, 4.69) is 5.32 Å². The molecule has 5 nitrogen and oxygen atoms in total. The Morgan fingerprint density at radius 3 is 2.79 bits per heavy atom. The SMILES string of the molecule is O=C(Nc1cc(C(F)(F)F)c[nH]c1=O)[C@H]1CCCO1. The van der Waals surface area contributed by atoms with Gasteiger partial charge in [0.05, 0.1) is 5.56 Å². The highest BCUT2D eigenvalue weighted by molar-refractivity contribution is 5.94. The lowest BCUT2D eigenvalue weighted by Crippen LogP contribution is -2.30. The normalized spacial score (nSPS) is 19.4. The number of hydrogen-bond donors (Lipinski definition) is 2. The van der Waals surface area contributed by atoms with Crippen molar-refractivity contribution in [2.24, 2.45) is 0 Å². The van der Waals surface area contributed by atoms with Gasteiger partial charge in [-0.3, -0.25) is 9.59 Å². The van der Waals surface area contributed by atoms with Gasteiger partial charge in [-0.15, -0.1) is 0 Å². The van der Waals surface area contributed by atoms with Crippen molar-refractivity contribution >= 4 is 11.6 Å². The zero-order chi connectivity index (χ0) is 14.0. The molecular formula is C11H11F3N2O3. The molecule has 0 bridgehead atoms. The van der Waals surface area contributed by atoms with Crippen LogP contribution in [0.1, 0.15) is 18.4 Å². The summed E-state index contributed by atoms with van der Waals surface area (Å²) >= 11 is 0. The lowest BCUT2D eigenvalue weighted by molar-refractivity contribution is -0.137. The maximum absolute atomic E-state index is 12.5.